The van der Waals surface area contributed by atoms with E-state index in [2.05, 4.69) is 46.5 Å². The number of likely N-dealkylation sites (tertiary alicyclic amines) is 1. The summed E-state index contributed by atoms with van der Waals surface area (Å²) in [7, 11) is 3.57. The molecule has 1 aliphatic heterocycles. The lowest BCUT2D eigenvalue weighted by atomic mass is 10.1. The highest BCUT2D eigenvalue weighted by atomic mass is 127. The minimum Gasteiger partial charge on any atom is -0.489 e. The van der Waals surface area contributed by atoms with E-state index in [1.807, 2.05) is 19.2 Å². The Morgan fingerprint density at radius 2 is 2.07 bits per heavy atom. The molecular formula is C20H35IN4O2. The van der Waals surface area contributed by atoms with Crippen molar-refractivity contribution in [3.05, 3.63) is 29.8 Å². The lowest BCUT2D eigenvalue weighted by molar-refractivity contribution is 0.128. The number of nitrogens with zero attached hydrogens (tertiary/aromatic N) is 2. The van der Waals surface area contributed by atoms with Crippen LogP contribution >= 0.6 is 24.0 Å². The highest BCUT2D eigenvalue weighted by Gasteiger charge is 2.19. The molecule has 1 aromatic rings. The molecule has 2 N–H and O–H groups in total. The fraction of sp³-hybridized carbons (Fsp3) is 0.650. The van der Waals surface area contributed by atoms with Gasteiger partial charge in [-0.05, 0) is 44.4 Å². The Labute approximate surface area is 181 Å². The predicted molar refractivity (Wildman–Crippen MR) is 123 cm³/mol. The monoisotopic (exact) mass is 490 g/mol. The first-order valence-corrected chi connectivity index (χ1v) is 9.52. The molecule has 0 aromatic heterocycles. The quantitative estimate of drug-likeness (QED) is 0.334. The smallest absolute Gasteiger partial charge is 0.191 e. The molecule has 27 heavy (non-hydrogen) atoms. The van der Waals surface area contributed by atoms with E-state index < -0.39 is 0 Å². The molecule has 0 spiro atoms. The van der Waals surface area contributed by atoms with E-state index in [-0.39, 0.29) is 30.1 Å². The van der Waals surface area contributed by atoms with Crippen LogP contribution in [0, 0.1) is 6.92 Å². The number of aliphatic imine (C=N–C) groups is 1. The molecule has 7 heteroatoms. The van der Waals surface area contributed by atoms with Gasteiger partial charge in [-0.15, -0.1) is 24.0 Å². The van der Waals surface area contributed by atoms with Crippen LogP contribution in [0.2, 0.25) is 0 Å². The van der Waals surface area contributed by atoms with Crippen molar-refractivity contribution in [2.24, 2.45) is 4.99 Å². The molecular weight excluding hydrogens is 455 g/mol. The molecule has 1 saturated heterocycles. The second-order valence-electron chi connectivity index (χ2n) is 6.95. The van der Waals surface area contributed by atoms with Gasteiger partial charge in [-0.2, -0.15) is 0 Å². The van der Waals surface area contributed by atoms with Crippen molar-refractivity contribution in [2.45, 2.75) is 38.8 Å². The van der Waals surface area contributed by atoms with E-state index in [4.69, 9.17) is 9.47 Å². The highest BCUT2D eigenvalue weighted by molar-refractivity contribution is 14.0. The minimum atomic E-state index is 0. The molecule has 1 aromatic carbocycles. The summed E-state index contributed by atoms with van der Waals surface area (Å²) in [5, 5.41) is 6.91. The third kappa shape index (κ3) is 9.12. The summed E-state index contributed by atoms with van der Waals surface area (Å²) >= 11 is 0. The van der Waals surface area contributed by atoms with Crippen LogP contribution in [-0.4, -0.2) is 69.9 Å². The number of rotatable bonds is 8. The van der Waals surface area contributed by atoms with Crippen LogP contribution in [0.4, 0.5) is 0 Å². The van der Waals surface area contributed by atoms with Crippen LogP contribution in [0.5, 0.6) is 5.75 Å². The van der Waals surface area contributed by atoms with Crippen LogP contribution in [0.3, 0.4) is 0 Å². The van der Waals surface area contributed by atoms with E-state index in [0.717, 1.165) is 50.8 Å². The van der Waals surface area contributed by atoms with Gasteiger partial charge in [0.05, 0.1) is 13.2 Å². The molecule has 0 radical (unpaired) electrons. The largest absolute Gasteiger partial charge is 0.489 e. The van der Waals surface area contributed by atoms with Crippen LogP contribution in [0.1, 0.15) is 25.3 Å². The highest BCUT2D eigenvalue weighted by Crippen LogP contribution is 2.14. The van der Waals surface area contributed by atoms with Crippen LogP contribution < -0.4 is 15.4 Å². The Hall–Kier alpha value is -1.06. The first-order valence-electron chi connectivity index (χ1n) is 9.52. The molecule has 2 rings (SSSR count). The lowest BCUT2D eigenvalue weighted by Crippen LogP contribution is -2.50. The summed E-state index contributed by atoms with van der Waals surface area (Å²) in [5.41, 5.74) is 1.21. The number of nitrogens with one attached hydrogen (secondary N) is 2. The van der Waals surface area contributed by atoms with Crippen LogP contribution in [-0.2, 0) is 4.74 Å². The first-order chi connectivity index (χ1) is 12.6. The average molecular weight is 490 g/mol. The van der Waals surface area contributed by atoms with E-state index >= 15 is 0 Å². The summed E-state index contributed by atoms with van der Waals surface area (Å²) in [5.74, 6) is 1.76. The van der Waals surface area contributed by atoms with E-state index in [1.165, 1.54) is 5.56 Å². The number of ether oxygens (including phenoxy) is 2. The fourth-order valence-electron chi connectivity index (χ4n) is 3.11. The SMILES string of the molecule is CN=C(NCC(C)Oc1cccc(C)c1)NC1CCN(CCOC)CC1.I. The van der Waals surface area contributed by atoms with Gasteiger partial charge in [-0.3, -0.25) is 4.99 Å². The summed E-state index contributed by atoms with van der Waals surface area (Å²) < 4.78 is 11.1. The molecule has 0 bridgehead atoms. The third-order valence-corrected chi connectivity index (χ3v) is 4.65. The molecule has 1 atom stereocenters. The van der Waals surface area contributed by atoms with E-state index in [1.54, 1.807) is 7.11 Å². The van der Waals surface area contributed by atoms with Gasteiger partial charge < -0.3 is 25.0 Å². The van der Waals surface area contributed by atoms with Crippen LogP contribution in [0.15, 0.2) is 29.3 Å². The molecule has 0 saturated carbocycles. The number of aryl methyl sites for hydroxylation is 1. The van der Waals surface area contributed by atoms with Crippen molar-refractivity contribution in [1.29, 1.82) is 0 Å². The average Bonchev–Trinajstić information content (AvgIpc) is 2.64. The predicted octanol–water partition coefficient (Wildman–Crippen LogP) is 2.66. The zero-order valence-electron chi connectivity index (χ0n) is 17.0. The Bertz CT molecular complexity index is 563. The maximum absolute atomic E-state index is 5.97. The van der Waals surface area contributed by atoms with Crippen LogP contribution in [0.25, 0.3) is 0 Å². The number of hydrogen-bond donors (Lipinski definition) is 2. The van der Waals surface area contributed by atoms with Gasteiger partial charge >= 0.3 is 0 Å². The summed E-state index contributed by atoms with van der Waals surface area (Å²) in [6, 6.07) is 8.61. The van der Waals surface area contributed by atoms with Gasteiger partial charge in [0.1, 0.15) is 11.9 Å². The maximum atomic E-state index is 5.97. The summed E-state index contributed by atoms with van der Waals surface area (Å²) in [4.78, 5) is 6.80. The number of methoxy groups -OCH3 is 1. The molecule has 1 fully saturated rings. The van der Waals surface area contributed by atoms with Crippen molar-refractivity contribution < 1.29 is 9.47 Å². The Morgan fingerprint density at radius 1 is 1.33 bits per heavy atom. The standard InChI is InChI=1S/C20H34N4O2.HI/c1-16-6-5-7-19(14-16)26-17(2)15-22-20(21-3)23-18-8-10-24(11-9-18)12-13-25-4;/h5-7,14,17-18H,8-13,15H2,1-4H3,(H2,21,22,23);1H. The third-order valence-electron chi connectivity index (χ3n) is 4.65. The molecule has 1 aliphatic rings. The lowest BCUT2D eigenvalue weighted by Gasteiger charge is -2.33. The van der Waals surface area contributed by atoms with Gasteiger partial charge in [0.2, 0.25) is 0 Å². The molecule has 1 unspecified atom stereocenters. The normalized spacial score (nSPS) is 17.1. The minimum absolute atomic E-state index is 0. The number of piperidine rings is 1. The maximum Gasteiger partial charge on any atom is 0.191 e. The zero-order valence-corrected chi connectivity index (χ0v) is 19.4. The Morgan fingerprint density at radius 3 is 2.70 bits per heavy atom. The molecule has 6 nitrogen and oxygen atoms in total. The fourth-order valence-corrected chi connectivity index (χ4v) is 3.11. The number of benzene rings is 1. The Balaban J connectivity index is 0.00000364. The van der Waals surface area contributed by atoms with Crippen molar-refractivity contribution in [1.82, 2.24) is 15.5 Å². The van der Waals surface area contributed by atoms with E-state index in [0.29, 0.717) is 12.6 Å². The van der Waals surface area contributed by atoms with Gasteiger partial charge in [0.15, 0.2) is 5.96 Å². The van der Waals surface area contributed by atoms with Gasteiger partial charge in [0.25, 0.3) is 0 Å². The number of hydrogen-bond acceptors (Lipinski definition) is 4. The van der Waals surface area contributed by atoms with Crippen molar-refractivity contribution >= 4 is 29.9 Å². The zero-order chi connectivity index (χ0) is 18.8. The van der Waals surface area contributed by atoms with E-state index in [9.17, 15) is 0 Å². The summed E-state index contributed by atoms with van der Waals surface area (Å²) in [6.45, 7) is 8.87. The second-order valence-corrected chi connectivity index (χ2v) is 6.95. The molecule has 154 valence electrons. The first kappa shape index (κ1) is 24.0. The van der Waals surface area contributed by atoms with Gasteiger partial charge in [-0.25, -0.2) is 0 Å². The van der Waals surface area contributed by atoms with Crippen molar-refractivity contribution in [3.8, 4) is 5.75 Å². The number of halogens is 1. The van der Waals surface area contributed by atoms with Gasteiger partial charge in [-0.1, -0.05) is 12.1 Å². The topological polar surface area (TPSA) is 58.1 Å². The number of guanidine groups is 1. The van der Waals surface area contributed by atoms with Gasteiger partial charge in [0, 0.05) is 39.8 Å². The van der Waals surface area contributed by atoms with Crippen molar-refractivity contribution in [2.75, 3.05) is 46.9 Å². The Kier molecular flexibility index (Phi) is 11.7. The summed E-state index contributed by atoms with van der Waals surface area (Å²) in [6.07, 6.45) is 2.31. The molecule has 0 aliphatic carbocycles. The molecule has 0 amide bonds. The second kappa shape index (κ2) is 13.2. The van der Waals surface area contributed by atoms with Crippen molar-refractivity contribution in [3.63, 3.8) is 0 Å². The molecule has 1 heterocycles.